The van der Waals surface area contributed by atoms with Gasteiger partial charge in [0.1, 0.15) is 17.1 Å². The van der Waals surface area contributed by atoms with Crippen molar-refractivity contribution >= 4 is 23.0 Å². The molecule has 0 atom stereocenters. The fourth-order valence-electron chi connectivity index (χ4n) is 2.83. The number of aromatic amines is 1. The van der Waals surface area contributed by atoms with Crippen LogP contribution >= 0.6 is 11.9 Å². The Kier molecular flexibility index (Phi) is 7.43. The third kappa shape index (κ3) is 4.44. The second kappa shape index (κ2) is 9.77. The van der Waals surface area contributed by atoms with Crippen LogP contribution in [0.15, 0.2) is 27.9 Å². The summed E-state index contributed by atoms with van der Waals surface area (Å²) in [5.74, 6) is 1.12. The van der Waals surface area contributed by atoms with E-state index in [9.17, 15) is 4.79 Å². The molecule has 9 nitrogen and oxygen atoms in total. The van der Waals surface area contributed by atoms with Crippen LogP contribution in [0.2, 0.25) is 0 Å². The van der Waals surface area contributed by atoms with Crippen molar-refractivity contribution in [3.8, 4) is 23.3 Å². The summed E-state index contributed by atoms with van der Waals surface area (Å²) in [6.45, 7) is 4.50. The average Bonchev–Trinajstić information content (AvgIpc) is 2.99. The molecule has 2 heterocycles. The molecule has 0 amide bonds. The van der Waals surface area contributed by atoms with Crippen molar-refractivity contribution in [3.63, 3.8) is 0 Å². The van der Waals surface area contributed by atoms with E-state index in [1.54, 1.807) is 11.7 Å². The molecule has 2 aromatic heterocycles. The van der Waals surface area contributed by atoms with E-state index >= 15 is 0 Å². The largest absolute Gasteiger partial charge is 0.493 e. The molecule has 0 unspecified atom stereocenters. The first-order chi connectivity index (χ1) is 13.5. The highest BCUT2D eigenvalue weighted by Crippen LogP contribution is 2.31. The lowest BCUT2D eigenvalue weighted by Gasteiger charge is -2.11. The minimum Gasteiger partial charge on any atom is -0.493 e. The lowest BCUT2D eigenvalue weighted by molar-refractivity contribution is 0.341. The molecule has 28 heavy (non-hydrogen) atoms. The van der Waals surface area contributed by atoms with E-state index < -0.39 is 0 Å². The van der Waals surface area contributed by atoms with Crippen LogP contribution in [0.1, 0.15) is 26.0 Å². The molecule has 148 valence electrons. The Morgan fingerprint density at radius 2 is 2.11 bits per heavy atom. The first-order valence-corrected chi connectivity index (χ1v) is 9.58. The van der Waals surface area contributed by atoms with Gasteiger partial charge in [-0.25, -0.2) is 4.98 Å². The molecule has 0 saturated carbocycles. The van der Waals surface area contributed by atoms with E-state index in [1.807, 2.05) is 25.1 Å². The number of fused-ring (bicyclic) bond motifs is 1. The van der Waals surface area contributed by atoms with Gasteiger partial charge in [0.15, 0.2) is 11.7 Å². The molecule has 1 aromatic carbocycles. The highest BCUT2D eigenvalue weighted by molar-refractivity contribution is 7.97. The summed E-state index contributed by atoms with van der Waals surface area (Å²) < 4.78 is 7.28. The van der Waals surface area contributed by atoms with Crippen LogP contribution in [0.4, 0.5) is 0 Å². The maximum atomic E-state index is 12.6. The van der Waals surface area contributed by atoms with Gasteiger partial charge < -0.3 is 15.5 Å². The maximum absolute atomic E-state index is 12.6. The summed E-state index contributed by atoms with van der Waals surface area (Å²) in [6.07, 6.45) is 2.95. The van der Waals surface area contributed by atoms with Gasteiger partial charge in [-0.3, -0.25) is 14.6 Å². The number of nitriles is 1. The Balaban J connectivity index is 0.000000878. The highest BCUT2D eigenvalue weighted by atomic mass is 32.2. The average molecular weight is 401 g/mol. The molecule has 0 bridgehead atoms. The monoisotopic (exact) mass is 401 g/mol. The number of rotatable bonds is 6. The Labute approximate surface area is 166 Å². The molecule has 3 aromatic rings. The van der Waals surface area contributed by atoms with Gasteiger partial charge in [0.05, 0.1) is 17.9 Å². The number of aromatic nitrogens is 4. The Morgan fingerprint density at radius 1 is 1.39 bits per heavy atom. The van der Waals surface area contributed by atoms with Crippen LogP contribution < -0.4 is 21.2 Å². The number of nitrogens with two attached hydrogens (primary N) is 2. The SMILES string of the molecule is CCCc1nn(C)c2c(=O)[nH]c(-c3cc(SN)ccc3OCC)nc12.N#CN. The third-order valence-corrected chi connectivity index (χ3v) is 4.42. The van der Waals surface area contributed by atoms with Crippen molar-refractivity contribution in [2.75, 3.05) is 6.61 Å². The summed E-state index contributed by atoms with van der Waals surface area (Å²) in [6, 6.07) is 5.59. The summed E-state index contributed by atoms with van der Waals surface area (Å²) in [5, 5.41) is 17.2. The Bertz CT molecular complexity index is 1050. The number of ether oxygens (including phenoxy) is 1. The molecule has 0 aliphatic rings. The van der Waals surface area contributed by atoms with Gasteiger partial charge in [-0.1, -0.05) is 13.3 Å². The first-order valence-electron chi connectivity index (χ1n) is 8.70. The van der Waals surface area contributed by atoms with Crippen LogP contribution in [0, 0.1) is 11.5 Å². The van der Waals surface area contributed by atoms with Crippen molar-refractivity contribution in [3.05, 3.63) is 34.2 Å². The quantitative estimate of drug-likeness (QED) is 0.323. The second-order valence-corrected chi connectivity index (χ2v) is 6.48. The van der Waals surface area contributed by atoms with Crippen LogP contribution in [0.25, 0.3) is 22.4 Å². The van der Waals surface area contributed by atoms with Crippen LogP contribution in [-0.2, 0) is 13.5 Å². The maximum Gasteiger partial charge on any atom is 0.277 e. The van der Waals surface area contributed by atoms with Gasteiger partial charge >= 0.3 is 0 Å². The number of nitrogens with one attached hydrogen (secondary N) is 1. The van der Waals surface area contributed by atoms with Crippen LogP contribution in [-0.4, -0.2) is 26.4 Å². The lowest BCUT2D eigenvalue weighted by Crippen LogP contribution is -2.12. The number of H-pyrrole nitrogens is 1. The first kappa shape index (κ1) is 21.3. The molecule has 3 rings (SSSR count). The van der Waals surface area contributed by atoms with E-state index in [1.165, 1.54) is 6.19 Å². The molecule has 10 heteroatoms. The number of nitrogens with zero attached hydrogens (tertiary/aromatic N) is 4. The van der Waals surface area contributed by atoms with Gasteiger partial charge in [0.2, 0.25) is 0 Å². The summed E-state index contributed by atoms with van der Waals surface area (Å²) >= 11 is 1.14. The number of hydrogen-bond acceptors (Lipinski definition) is 8. The van der Waals surface area contributed by atoms with E-state index in [0.717, 1.165) is 35.4 Å². The smallest absolute Gasteiger partial charge is 0.277 e. The molecule has 0 fully saturated rings. The van der Waals surface area contributed by atoms with Gasteiger partial charge in [-0.05, 0) is 43.5 Å². The summed E-state index contributed by atoms with van der Waals surface area (Å²) in [4.78, 5) is 21.0. The molecule has 0 aliphatic heterocycles. The minimum atomic E-state index is -0.217. The Hall–Kier alpha value is -3.03. The zero-order valence-corrected chi connectivity index (χ0v) is 16.8. The lowest BCUT2D eigenvalue weighted by atomic mass is 10.1. The van der Waals surface area contributed by atoms with Crippen molar-refractivity contribution in [2.24, 2.45) is 17.9 Å². The van der Waals surface area contributed by atoms with Crippen LogP contribution in [0.3, 0.4) is 0 Å². The number of benzene rings is 1. The van der Waals surface area contributed by atoms with E-state index in [2.05, 4.69) is 22.7 Å². The molecule has 0 aliphatic carbocycles. The highest BCUT2D eigenvalue weighted by Gasteiger charge is 2.17. The van der Waals surface area contributed by atoms with Gasteiger partial charge in [-0.2, -0.15) is 10.4 Å². The fourth-order valence-corrected chi connectivity index (χ4v) is 3.16. The standard InChI is InChI=1S/C17H21N5O2S.CH2N2/c1-4-6-12-14-15(22(3)21-12)17(23)20-16(19-14)11-9-10(25-18)7-8-13(11)24-5-2;2-1-3/h7-9H,4-6,18H2,1-3H3,(H,19,20,23);2H2. The Morgan fingerprint density at radius 3 is 2.71 bits per heavy atom. The third-order valence-electron chi connectivity index (χ3n) is 3.89. The van der Waals surface area contributed by atoms with Crippen molar-refractivity contribution in [1.82, 2.24) is 19.7 Å². The molecule has 0 saturated heterocycles. The molecular weight excluding hydrogens is 378 g/mol. The van der Waals surface area contributed by atoms with E-state index in [4.69, 9.17) is 20.1 Å². The normalized spacial score (nSPS) is 10.2. The van der Waals surface area contributed by atoms with E-state index in [-0.39, 0.29) is 5.56 Å². The van der Waals surface area contributed by atoms with Crippen molar-refractivity contribution in [2.45, 2.75) is 31.6 Å². The van der Waals surface area contributed by atoms with Crippen molar-refractivity contribution < 1.29 is 4.74 Å². The predicted molar refractivity (Wildman–Crippen MR) is 110 cm³/mol. The fraction of sp³-hybridized carbons (Fsp3) is 0.333. The second-order valence-electron chi connectivity index (χ2n) is 5.77. The van der Waals surface area contributed by atoms with Crippen molar-refractivity contribution in [1.29, 1.82) is 5.26 Å². The summed E-state index contributed by atoms with van der Waals surface area (Å²) in [7, 11) is 1.76. The summed E-state index contributed by atoms with van der Waals surface area (Å²) in [5.41, 5.74) is 6.59. The number of aryl methyl sites for hydroxylation is 2. The van der Waals surface area contributed by atoms with Crippen LogP contribution in [0.5, 0.6) is 5.75 Å². The molecule has 0 radical (unpaired) electrons. The molecule has 0 spiro atoms. The zero-order chi connectivity index (χ0) is 20.7. The molecule has 5 N–H and O–H groups in total. The predicted octanol–water partition coefficient (Wildman–Crippen LogP) is 2.07. The zero-order valence-electron chi connectivity index (χ0n) is 16.0. The number of hydrogen-bond donors (Lipinski definition) is 3. The molecular formula is C18H23N7O2S. The minimum absolute atomic E-state index is 0.217. The van der Waals surface area contributed by atoms with Gasteiger partial charge in [0, 0.05) is 11.9 Å². The topological polar surface area (TPSA) is 149 Å². The van der Waals surface area contributed by atoms with E-state index in [0.29, 0.717) is 34.8 Å². The van der Waals surface area contributed by atoms with Gasteiger partial charge in [0.25, 0.3) is 5.56 Å². The van der Waals surface area contributed by atoms with Gasteiger partial charge in [-0.15, -0.1) is 0 Å².